The van der Waals surface area contributed by atoms with Crippen LogP contribution in [0.2, 0.25) is 0 Å². The van der Waals surface area contributed by atoms with Crippen molar-refractivity contribution in [3.63, 3.8) is 0 Å². The van der Waals surface area contributed by atoms with Crippen molar-refractivity contribution in [3.05, 3.63) is 60.4 Å². The zero-order valence-electron chi connectivity index (χ0n) is 13.1. The number of nitrogens with zero attached hydrogens (tertiary/aromatic N) is 2. The minimum absolute atomic E-state index is 0.0506. The highest BCUT2D eigenvalue weighted by molar-refractivity contribution is 5.84. The van der Waals surface area contributed by atoms with Crippen LogP contribution in [-0.4, -0.2) is 29.5 Å². The average Bonchev–Trinajstić information content (AvgIpc) is 2.61. The van der Waals surface area contributed by atoms with Crippen LogP contribution in [0.15, 0.2) is 54.9 Å². The van der Waals surface area contributed by atoms with Crippen molar-refractivity contribution in [3.8, 4) is 0 Å². The van der Waals surface area contributed by atoms with E-state index in [4.69, 9.17) is 5.73 Å². The third kappa shape index (κ3) is 3.68. The van der Waals surface area contributed by atoms with Crippen molar-refractivity contribution in [1.29, 1.82) is 0 Å². The zero-order valence-corrected chi connectivity index (χ0v) is 13.1. The lowest BCUT2D eigenvalue weighted by Gasteiger charge is -2.41. The average molecular weight is 310 g/mol. The van der Waals surface area contributed by atoms with Crippen molar-refractivity contribution in [1.82, 2.24) is 10.3 Å². The predicted octanol–water partition coefficient (Wildman–Crippen LogP) is 1.69. The van der Waals surface area contributed by atoms with E-state index in [0.717, 1.165) is 31.6 Å². The standard InChI is InChI=1S/C18H22N4O/c19-18(23)17-16(21-13-14-5-2-1-3-6-14)7-4-12-22(17)15-8-10-20-11-9-15/h1-3,5-6,8-11,16-17,21H,4,7,12-13H2,(H2,19,23). The number of pyridine rings is 1. The molecule has 5 heteroatoms. The number of aromatic nitrogens is 1. The van der Waals surface area contributed by atoms with Crippen LogP contribution in [0.4, 0.5) is 5.69 Å². The maximum atomic E-state index is 12.1. The van der Waals surface area contributed by atoms with E-state index < -0.39 is 0 Å². The van der Waals surface area contributed by atoms with Crippen LogP contribution >= 0.6 is 0 Å². The van der Waals surface area contributed by atoms with Crippen LogP contribution in [0.25, 0.3) is 0 Å². The second-order valence-electron chi connectivity index (χ2n) is 5.86. The quantitative estimate of drug-likeness (QED) is 0.882. The van der Waals surface area contributed by atoms with Gasteiger partial charge < -0.3 is 16.0 Å². The van der Waals surface area contributed by atoms with E-state index >= 15 is 0 Å². The molecule has 1 aliphatic heterocycles. The van der Waals surface area contributed by atoms with Crippen molar-refractivity contribution < 1.29 is 4.79 Å². The first-order valence-corrected chi connectivity index (χ1v) is 7.99. The Labute approximate surface area is 136 Å². The Morgan fingerprint density at radius 2 is 1.96 bits per heavy atom. The minimum atomic E-state index is -0.338. The largest absolute Gasteiger partial charge is 0.368 e. The number of carbonyl (C=O) groups is 1. The Bertz CT molecular complexity index is 632. The van der Waals surface area contributed by atoms with Crippen molar-refractivity contribution in [2.75, 3.05) is 11.4 Å². The molecule has 0 saturated carbocycles. The molecule has 23 heavy (non-hydrogen) atoms. The van der Waals surface area contributed by atoms with E-state index in [9.17, 15) is 4.79 Å². The smallest absolute Gasteiger partial charge is 0.241 e. The lowest BCUT2D eigenvalue weighted by atomic mass is 9.94. The van der Waals surface area contributed by atoms with Crippen molar-refractivity contribution in [2.24, 2.45) is 5.73 Å². The maximum Gasteiger partial charge on any atom is 0.241 e. The number of amides is 1. The predicted molar refractivity (Wildman–Crippen MR) is 90.9 cm³/mol. The van der Waals surface area contributed by atoms with E-state index in [1.807, 2.05) is 30.3 Å². The fourth-order valence-corrected chi connectivity index (χ4v) is 3.23. The fourth-order valence-electron chi connectivity index (χ4n) is 3.23. The molecule has 3 N–H and O–H groups in total. The SMILES string of the molecule is NC(=O)C1C(NCc2ccccc2)CCCN1c1ccncc1. The summed E-state index contributed by atoms with van der Waals surface area (Å²) in [5.41, 5.74) is 7.92. The van der Waals surface area contributed by atoms with Gasteiger partial charge in [0.2, 0.25) is 5.91 Å². The number of nitrogens with one attached hydrogen (secondary N) is 1. The molecule has 2 unspecified atom stereocenters. The second kappa shape index (κ2) is 7.24. The number of rotatable bonds is 5. The zero-order chi connectivity index (χ0) is 16.1. The van der Waals surface area contributed by atoms with E-state index in [0.29, 0.717) is 0 Å². The number of piperidine rings is 1. The fraction of sp³-hybridized carbons (Fsp3) is 0.333. The summed E-state index contributed by atoms with van der Waals surface area (Å²) in [7, 11) is 0. The maximum absolute atomic E-state index is 12.1. The molecule has 2 heterocycles. The number of anilines is 1. The first kappa shape index (κ1) is 15.5. The molecule has 1 aromatic carbocycles. The number of nitrogens with two attached hydrogens (primary N) is 1. The summed E-state index contributed by atoms with van der Waals surface area (Å²) in [5, 5.41) is 3.51. The molecule has 1 aromatic heterocycles. The Morgan fingerprint density at radius 1 is 1.22 bits per heavy atom. The molecule has 2 atom stereocenters. The Hall–Kier alpha value is -2.40. The first-order valence-electron chi connectivity index (χ1n) is 7.99. The molecular formula is C18H22N4O. The van der Waals surface area contributed by atoms with Gasteiger partial charge in [-0.25, -0.2) is 0 Å². The molecule has 120 valence electrons. The Balaban J connectivity index is 1.75. The van der Waals surface area contributed by atoms with E-state index in [-0.39, 0.29) is 18.0 Å². The van der Waals surface area contributed by atoms with Gasteiger partial charge in [0.05, 0.1) is 0 Å². The van der Waals surface area contributed by atoms with Gasteiger partial charge in [0.15, 0.2) is 0 Å². The van der Waals surface area contributed by atoms with Gasteiger partial charge in [-0.3, -0.25) is 9.78 Å². The van der Waals surface area contributed by atoms with Gasteiger partial charge in [-0.1, -0.05) is 30.3 Å². The normalized spacial score (nSPS) is 21.1. The van der Waals surface area contributed by atoms with Gasteiger partial charge in [-0.2, -0.15) is 0 Å². The summed E-state index contributed by atoms with van der Waals surface area (Å²) in [4.78, 5) is 18.2. The summed E-state index contributed by atoms with van der Waals surface area (Å²) in [5.74, 6) is -0.285. The molecule has 0 radical (unpaired) electrons. The van der Waals surface area contributed by atoms with Crippen LogP contribution in [0, 0.1) is 0 Å². The highest BCUT2D eigenvalue weighted by Crippen LogP contribution is 2.24. The Kier molecular flexibility index (Phi) is 4.88. The van der Waals surface area contributed by atoms with E-state index in [1.165, 1.54) is 5.56 Å². The number of primary amides is 1. The summed E-state index contributed by atoms with van der Waals surface area (Å²) in [6, 6.07) is 13.8. The third-order valence-electron chi connectivity index (χ3n) is 4.33. The number of benzene rings is 1. The number of hydrogen-bond donors (Lipinski definition) is 2. The molecule has 1 aliphatic rings. The van der Waals surface area contributed by atoms with Crippen molar-refractivity contribution in [2.45, 2.75) is 31.5 Å². The summed E-state index contributed by atoms with van der Waals surface area (Å²) < 4.78 is 0. The topological polar surface area (TPSA) is 71.2 Å². The lowest BCUT2D eigenvalue weighted by molar-refractivity contribution is -0.120. The molecular weight excluding hydrogens is 288 g/mol. The van der Waals surface area contributed by atoms with E-state index in [1.54, 1.807) is 12.4 Å². The second-order valence-corrected chi connectivity index (χ2v) is 5.86. The number of hydrogen-bond acceptors (Lipinski definition) is 4. The molecule has 1 fully saturated rings. The highest BCUT2D eigenvalue weighted by Gasteiger charge is 2.35. The van der Waals surface area contributed by atoms with Crippen LogP contribution < -0.4 is 16.0 Å². The molecule has 0 bridgehead atoms. The highest BCUT2D eigenvalue weighted by atomic mass is 16.1. The van der Waals surface area contributed by atoms with Gasteiger partial charge in [0.1, 0.15) is 6.04 Å². The minimum Gasteiger partial charge on any atom is -0.368 e. The van der Waals surface area contributed by atoms with Crippen molar-refractivity contribution >= 4 is 11.6 Å². The summed E-state index contributed by atoms with van der Waals surface area (Å²) >= 11 is 0. The molecule has 3 rings (SSSR count). The monoisotopic (exact) mass is 310 g/mol. The number of carbonyl (C=O) groups excluding carboxylic acids is 1. The third-order valence-corrected chi connectivity index (χ3v) is 4.33. The molecule has 2 aromatic rings. The molecule has 1 saturated heterocycles. The molecule has 0 aliphatic carbocycles. The Morgan fingerprint density at radius 3 is 2.65 bits per heavy atom. The first-order chi connectivity index (χ1) is 11.3. The van der Waals surface area contributed by atoms with Crippen LogP contribution in [0.3, 0.4) is 0 Å². The van der Waals surface area contributed by atoms with Crippen LogP contribution in [-0.2, 0) is 11.3 Å². The van der Waals surface area contributed by atoms with Crippen LogP contribution in [0.5, 0.6) is 0 Å². The molecule has 5 nitrogen and oxygen atoms in total. The molecule has 1 amide bonds. The van der Waals surface area contributed by atoms with Gasteiger partial charge >= 0.3 is 0 Å². The van der Waals surface area contributed by atoms with E-state index in [2.05, 4.69) is 27.3 Å². The lowest BCUT2D eigenvalue weighted by Crippen LogP contribution is -2.59. The van der Waals surface area contributed by atoms with Gasteiger partial charge in [0, 0.05) is 37.2 Å². The van der Waals surface area contributed by atoms with Crippen LogP contribution in [0.1, 0.15) is 18.4 Å². The molecule has 0 spiro atoms. The van der Waals surface area contributed by atoms with Gasteiger partial charge in [0.25, 0.3) is 0 Å². The summed E-state index contributed by atoms with van der Waals surface area (Å²) in [6.07, 6.45) is 5.46. The van der Waals surface area contributed by atoms with Gasteiger partial charge in [-0.05, 0) is 30.5 Å². The summed E-state index contributed by atoms with van der Waals surface area (Å²) in [6.45, 7) is 1.57. The van der Waals surface area contributed by atoms with Gasteiger partial charge in [-0.15, -0.1) is 0 Å².